The fourth-order valence-electron chi connectivity index (χ4n) is 2.81. The molecule has 0 rings (SSSR count). The molecule has 0 aromatic heterocycles. The van der Waals surface area contributed by atoms with E-state index in [2.05, 4.69) is 74.6 Å². The van der Waals surface area contributed by atoms with Crippen LogP contribution in [0.5, 0.6) is 0 Å². The molecule has 0 bridgehead atoms. The second kappa shape index (κ2) is 4.91. The first-order chi connectivity index (χ1) is 7.37. The monoisotopic (exact) mass is 241 g/mol. The zero-order chi connectivity index (χ0) is 14.1. The minimum atomic E-state index is 0.179. The molecule has 0 saturated heterocycles. The highest BCUT2D eigenvalue weighted by Crippen LogP contribution is 2.56. The molecular weight excluding hydrogens is 206 g/mol. The average molecular weight is 241 g/mol. The van der Waals surface area contributed by atoms with Gasteiger partial charge in [0.25, 0.3) is 0 Å². The van der Waals surface area contributed by atoms with Gasteiger partial charge in [-0.15, -0.1) is 0 Å². The first kappa shape index (κ1) is 17.0. The summed E-state index contributed by atoms with van der Waals surface area (Å²) >= 11 is 0. The molecule has 104 valence electrons. The van der Waals surface area contributed by atoms with E-state index in [4.69, 9.17) is 0 Å². The summed E-state index contributed by atoms with van der Waals surface area (Å²) in [6.07, 6.45) is 1.16. The normalized spacial score (nSPS) is 18.0. The van der Waals surface area contributed by atoms with Gasteiger partial charge in [0.15, 0.2) is 0 Å². The maximum atomic E-state index is 3.73. The molecule has 0 aliphatic carbocycles. The molecule has 17 heavy (non-hydrogen) atoms. The Morgan fingerprint density at radius 2 is 1.12 bits per heavy atom. The molecule has 0 aromatic carbocycles. The molecular formula is C16H35N. The highest BCUT2D eigenvalue weighted by Gasteiger charge is 2.53. The van der Waals surface area contributed by atoms with Gasteiger partial charge in [-0.05, 0) is 36.1 Å². The second-order valence-corrected chi connectivity index (χ2v) is 7.72. The van der Waals surface area contributed by atoms with E-state index < -0.39 is 0 Å². The Morgan fingerprint density at radius 1 is 0.706 bits per heavy atom. The van der Waals surface area contributed by atoms with E-state index in [1.807, 2.05) is 0 Å². The Bertz CT molecular complexity index is 245. The van der Waals surface area contributed by atoms with E-state index in [1.165, 1.54) is 0 Å². The van der Waals surface area contributed by atoms with Gasteiger partial charge < -0.3 is 5.32 Å². The van der Waals surface area contributed by atoms with E-state index in [-0.39, 0.29) is 16.4 Å². The van der Waals surface area contributed by atoms with Crippen molar-refractivity contribution in [3.63, 3.8) is 0 Å². The van der Waals surface area contributed by atoms with Crippen molar-refractivity contribution in [3.05, 3.63) is 0 Å². The van der Waals surface area contributed by atoms with E-state index in [1.54, 1.807) is 0 Å². The Hall–Kier alpha value is -0.0400. The van der Waals surface area contributed by atoms with Crippen LogP contribution in [0.4, 0.5) is 0 Å². The lowest BCUT2D eigenvalue weighted by molar-refractivity contribution is -0.0700. The number of hydrogen-bond acceptors (Lipinski definition) is 1. The van der Waals surface area contributed by atoms with Crippen molar-refractivity contribution in [2.24, 2.45) is 16.2 Å². The summed E-state index contributed by atoms with van der Waals surface area (Å²) in [4.78, 5) is 0. The van der Waals surface area contributed by atoms with Gasteiger partial charge in [-0.3, -0.25) is 0 Å². The van der Waals surface area contributed by atoms with Gasteiger partial charge in [-0.25, -0.2) is 0 Å². The van der Waals surface area contributed by atoms with Crippen molar-refractivity contribution < 1.29 is 0 Å². The summed E-state index contributed by atoms with van der Waals surface area (Å²) in [5.74, 6) is 0. The van der Waals surface area contributed by atoms with E-state index in [0.717, 1.165) is 13.0 Å². The third-order valence-corrected chi connectivity index (χ3v) is 6.09. The third-order valence-electron chi connectivity index (χ3n) is 6.09. The molecule has 0 heterocycles. The van der Waals surface area contributed by atoms with Crippen molar-refractivity contribution in [1.29, 1.82) is 0 Å². The maximum absolute atomic E-state index is 3.73. The summed E-state index contributed by atoms with van der Waals surface area (Å²) < 4.78 is 0. The number of nitrogens with one attached hydrogen (secondary N) is 1. The lowest BCUT2D eigenvalue weighted by Crippen LogP contribution is -2.61. The first-order valence-electron chi connectivity index (χ1n) is 7.12. The van der Waals surface area contributed by atoms with Crippen molar-refractivity contribution in [2.45, 2.75) is 81.2 Å². The maximum Gasteiger partial charge on any atom is 0.0206 e. The molecule has 0 amide bonds. The van der Waals surface area contributed by atoms with Crippen LogP contribution in [0.1, 0.15) is 75.7 Å². The van der Waals surface area contributed by atoms with Gasteiger partial charge in [0.05, 0.1) is 0 Å². The topological polar surface area (TPSA) is 12.0 Å². The summed E-state index contributed by atoms with van der Waals surface area (Å²) in [6, 6.07) is 0. The van der Waals surface area contributed by atoms with Gasteiger partial charge in [0, 0.05) is 5.54 Å². The van der Waals surface area contributed by atoms with Crippen LogP contribution in [0.3, 0.4) is 0 Å². The Morgan fingerprint density at radius 3 is 1.35 bits per heavy atom. The molecule has 1 nitrogen and oxygen atoms in total. The van der Waals surface area contributed by atoms with E-state index in [9.17, 15) is 0 Å². The summed E-state index contributed by atoms with van der Waals surface area (Å²) in [5, 5.41) is 3.73. The molecule has 0 saturated carbocycles. The molecule has 1 atom stereocenters. The molecule has 1 unspecified atom stereocenters. The molecule has 0 radical (unpaired) electrons. The van der Waals surface area contributed by atoms with Crippen molar-refractivity contribution in [3.8, 4) is 0 Å². The van der Waals surface area contributed by atoms with Crippen LogP contribution in [0.2, 0.25) is 0 Å². The Balaban J connectivity index is 5.51. The zero-order valence-electron chi connectivity index (χ0n) is 13.9. The summed E-state index contributed by atoms with van der Waals surface area (Å²) in [7, 11) is 0. The molecule has 0 aliphatic heterocycles. The van der Waals surface area contributed by atoms with Crippen molar-refractivity contribution in [1.82, 2.24) is 5.32 Å². The largest absolute Gasteiger partial charge is 0.311 e. The van der Waals surface area contributed by atoms with Gasteiger partial charge in [0.1, 0.15) is 0 Å². The minimum absolute atomic E-state index is 0.179. The highest BCUT2D eigenvalue weighted by molar-refractivity contribution is 5.06. The molecule has 0 aromatic rings. The fourth-order valence-corrected chi connectivity index (χ4v) is 2.81. The van der Waals surface area contributed by atoms with Crippen LogP contribution in [0, 0.1) is 16.2 Å². The smallest absolute Gasteiger partial charge is 0.0206 e. The lowest BCUT2D eigenvalue weighted by Gasteiger charge is -2.59. The van der Waals surface area contributed by atoms with Gasteiger partial charge >= 0.3 is 0 Å². The molecule has 0 aliphatic rings. The van der Waals surface area contributed by atoms with Crippen LogP contribution in [0.25, 0.3) is 0 Å². The van der Waals surface area contributed by atoms with E-state index in [0.29, 0.717) is 5.41 Å². The van der Waals surface area contributed by atoms with Crippen LogP contribution in [0.15, 0.2) is 0 Å². The van der Waals surface area contributed by atoms with Crippen LogP contribution >= 0.6 is 0 Å². The van der Waals surface area contributed by atoms with Crippen LogP contribution < -0.4 is 5.32 Å². The lowest BCUT2D eigenvalue weighted by atomic mass is 9.49. The van der Waals surface area contributed by atoms with Crippen molar-refractivity contribution >= 4 is 0 Å². The SMILES string of the molecule is CCNC(C)(CC)C(C)(C)C(C)(C)C(C)(C)C. The number of hydrogen-bond donors (Lipinski definition) is 1. The Labute approximate surface area is 110 Å². The third kappa shape index (κ3) is 2.70. The number of rotatable bonds is 5. The van der Waals surface area contributed by atoms with Gasteiger partial charge in [0.2, 0.25) is 0 Å². The minimum Gasteiger partial charge on any atom is -0.311 e. The quantitative estimate of drug-likeness (QED) is 0.724. The zero-order valence-corrected chi connectivity index (χ0v) is 13.9. The van der Waals surface area contributed by atoms with E-state index >= 15 is 0 Å². The fraction of sp³-hybridized carbons (Fsp3) is 1.00. The van der Waals surface area contributed by atoms with Gasteiger partial charge in [-0.1, -0.05) is 62.3 Å². The first-order valence-corrected chi connectivity index (χ1v) is 7.12. The van der Waals surface area contributed by atoms with Crippen molar-refractivity contribution in [2.75, 3.05) is 6.54 Å². The summed E-state index contributed by atoms with van der Waals surface area (Å²) in [6.45, 7) is 24.7. The predicted molar refractivity (Wildman–Crippen MR) is 79.4 cm³/mol. The molecule has 0 fully saturated rings. The predicted octanol–water partition coefficient (Wildman–Crippen LogP) is 4.86. The second-order valence-electron chi connectivity index (χ2n) is 7.72. The molecule has 0 spiro atoms. The Kier molecular flexibility index (Phi) is 4.90. The van der Waals surface area contributed by atoms with Crippen LogP contribution in [-0.4, -0.2) is 12.1 Å². The molecule has 1 heteroatoms. The average Bonchev–Trinajstić information content (AvgIpc) is 2.15. The highest BCUT2D eigenvalue weighted by atomic mass is 15.0. The molecule has 1 N–H and O–H groups in total. The van der Waals surface area contributed by atoms with Crippen LogP contribution in [-0.2, 0) is 0 Å². The standard InChI is InChI=1S/C16H35N/c1-11-16(10,17-12-2)15(8,9)14(6,7)13(3,4)5/h17H,11-12H2,1-10H3. The van der Waals surface area contributed by atoms with Gasteiger partial charge in [-0.2, -0.15) is 0 Å². The summed E-state index contributed by atoms with van der Waals surface area (Å²) in [5.41, 5.74) is 0.955.